The molecule has 0 aliphatic rings. The molecule has 0 unspecified atom stereocenters. The Bertz CT molecular complexity index is 722. The zero-order valence-corrected chi connectivity index (χ0v) is 13.3. The van der Waals surface area contributed by atoms with Crippen molar-refractivity contribution < 1.29 is 8.60 Å². The van der Waals surface area contributed by atoms with Crippen LogP contribution in [0, 0.1) is 17.1 Å². The lowest BCUT2D eigenvalue weighted by Crippen LogP contribution is -2.18. The average Bonchev–Trinajstić information content (AvgIpc) is 2.53. The van der Waals surface area contributed by atoms with Crippen LogP contribution in [-0.2, 0) is 17.3 Å². The molecule has 0 aliphatic carbocycles. The lowest BCUT2D eigenvalue weighted by molar-refractivity contribution is 0.544. The molecular weight excluding hydrogens is 299 g/mol. The normalized spacial score (nSPS) is 13.4. The van der Waals surface area contributed by atoms with Crippen molar-refractivity contribution >= 4 is 10.8 Å². The van der Waals surface area contributed by atoms with Gasteiger partial charge >= 0.3 is 0 Å². The third-order valence-electron chi connectivity index (χ3n) is 3.49. The van der Waals surface area contributed by atoms with Crippen LogP contribution in [0.25, 0.3) is 0 Å². The zero-order chi connectivity index (χ0) is 16.1. The zero-order valence-electron chi connectivity index (χ0n) is 12.5. The first-order chi connectivity index (χ1) is 10.5. The van der Waals surface area contributed by atoms with Crippen molar-refractivity contribution in [1.82, 2.24) is 5.32 Å². The van der Waals surface area contributed by atoms with Crippen molar-refractivity contribution in [2.45, 2.75) is 24.4 Å². The summed E-state index contributed by atoms with van der Waals surface area (Å²) < 4.78 is 25.2. The minimum Gasteiger partial charge on any atom is -0.306 e. The lowest BCUT2D eigenvalue weighted by Gasteiger charge is -2.15. The molecule has 2 rings (SSSR count). The number of hydrogen-bond acceptors (Lipinski definition) is 3. The van der Waals surface area contributed by atoms with Crippen LogP contribution in [0.2, 0.25) is 0 Å². The Morgan fingerprint density at radius 3 is 2.50 bits per heavy atom. The van der Waals surface area contributed by atoms with E-state index in [1.54, 1.807) is 18.4 Å². The molecule has 114 valence electrons. The van der Waals surface area contributed by atoms with Crippen LogP contribution >= 0.6 is 0 Å². The topological polar surface area (TPSA) is 52.9 Å². The summed E-state index contributed by atoms with van der Waals surface area (Å²) in [6.07, 6.45) is 1.64. The average molecular weight is 316 g/mol. The fourth-order valence-corrected chi connectivity index (χ4v) is 2.61. The third kappa shape index (κ3) is 4.00. The number of rotatable bonds is 5. The van der Waals surface area contributed by atoms with E-state index in [2.05, 4.69) is 5.32 Å². The first kappa shape index (κ1) is 16.3. The maximum atomic E-state index is 13.8. The van der Waals surface area contributed by atoms with Crippen molar-refractivity contribution in [3.63, 3.8) is 0 Å². The molecule has 2 aromatic carbocycles. The highest BCUT2D eigenvalue weighted by atomic mass is 32.2. The predicted molar refractivity (Wildman–Crippen MR) is 85.1 cm³/mol. The van der Waals surface area contributed by atoms with E-state index >= 15 is 0 Å². The predicted octanol–water partition coefficient (Wildman–Crippen LogP) is 3.29. The van der Waals surface area contributed by atoms with Gasteiger partial charge in [0.2, 0.25) is 0 Å². The summed E-state index contributed by atoms with van der Waals surface area (Å²) in [6.45, 7) is 2.36. The van der Waals surface area contributed by atoms with Crippen LogP contribution in [0.4, 0.5) is 4.39 Å². The number of halogens is 1. The van der Waals surface area contributed by atoms with Crippen molar-refractivity contribution in [2.24, 2.45) is 0 Å². The van der Waals surface area contributed by atoms with Gasteiger partial charge < -0.3 is 5.32 Å². The summed E-state index contributed by atoms with van der Waals surface area (Å²) in [4.78, 5) is 0.786. The SMILES string of the molecule is C[C@@H](NCc1ccc(C#N)cc1F)c1ccc([S@](C)=O)cc1. The third-order valence-corrected chi connectivity index (χ3v) is 4.43. The maximum absolute atomic E-state index is 13.8. The molecule has 0 spiro atoms. The molecule has 0 saturated heterocycles. The van der Waals surface area contributed by atoms with Gasteiger partial charge in [0.15, 0.2) is 0 Å². The van der Waals surface area contributed by atoms with Gasteiger partial charge in [0.25, 0.3) is 0 Å². The number of nitrogens with zero attached hydrogens (tertiary/aromatic N) is 1. The standard InChI is InChI=1S/C17H17FN2OS/c1-12(14-5-7-16(8-6-14)22(2)21)20-11-15-4-3-13(10-19)9-17(15)18/h3-9,12,20H,11H2,1-2H3/t12-,22+/m1/s1. The maximum Gasteiger partial charge on any atom is 0.129 e. The summed E-state index contributed by atoms with van der Waals surface area (Å²) in [5.41, 5.74) is 1.89. The highest BCUT2D eigenvalue weighted by Crippen LogP contribution is 2.16. The Hall–Kier alpha value is -2.03. The van der Waals surface area contributed by atoms with Crippen molar-refractivity contribution in [3.8, 4) is 6.07 Å². The molecule has 1 N–H and O–H groups in total. The van der Waals surface area contributed by atoms with Gasteiger partial charge in [0.1, 0.15) is 5.82 Å². The van der Waals surface area contributed by atoms with E-state index in [1.165, 1.54) is 6.07 Å². The van der Waals surface area contributed by atoms with Gasteiger partial charge in [-0.2, -0.15) is 5.26 Å². The van der Waals surface area contributed by atoms with Gasteiger partial charge in [-0.1, -0.05) is 18.2 Å². The van der Waals surface area contributed by atoms with Gasteiger partial charge in [0, 0.05) is 40.1 Å². The highest BCUT2D eigenvalue weighted by molar-refractivity contribution is 7.84. The molecule has 5 heteroatoms. The molecule has 0 aromatic heterocycles. The molecule has 2 atom stereocenters. The second-order valence-electron chi connectivity index (χ2n) is 5.04. The van der Waals surface area contributed by atoms with E-state index in [9.17, 15) is 8.60 Å². The fourth-order valence-electron chi connectivity index (χ4n) is 2.09. The van der Waals surface area contributed by atoms with E-state index in [0.717, 1.165) is 10.5 Å². The molecule has 2 aromatic rings. The first-order valence-corrected chi connectivity index (χ1v) is 8.42. The molecule has 0 heterocycles. The van der Waals surface area contributed by atoms with Crippen LogP contribution < -0.4 is 5.32 Å². The molecule has 0 saturated carbocycles. The number of nitrogens with one attached hydrogen (secondary N) is 1. The van der Waals surface area contributed by atoms with E-state index in [-0.39, 0.29) is 11.9 Å². The van der Waals surface area contributed by atoms with Gasteiger partial charge in [-0.3, -0.25) is 4.21 Å². The Labute approximate surface area is 132 Å². The molecule has 0 bridgehead atoms. The van der Waals surface area contributed by atoms with E-state index in [0.29, 0.717) is 17.7 Å². The molecule has 0 amide bonds. The van der Waals surface area contributed by atoms with Crippen LogP contribution in [0.3, 0.4) is 0 Å². The Morgan fingerprint density at radius 2 is 1.95 bits per heavy atom. The Kier molecular flexibility index (Phi) is 5.42. The van der Waals surface area contributed by atoms with Crippen molar-refractivity contribution in [1.29, 1.82) is 5.26 Å². The van der Waals surface area contributed by atoms with Crippen LogP contribution in [-0.4, -0.2) is 10.5 Å². The molecule has 3 nitrogen and oxygen atoms in total. The molecule has 0 aliphatic heterocycles. The highest BCUT2D eigenvalue weighted by Gasteiger charge is 2.08. The van der Waals surface area contributed by atoms with Crippen LogP contribution in [0.1, 0.15) is 29.7 Å². The lowest BCUT2D eigenvalue weighted by atomic mass is 10.1. The fraction of sp³-hybridized carbons (Fsp3) is 0.235. The largest absolute Gasteiger partial charge is 0.306 e. The summed E-state index contributed by atoms with van der Waals surface area (Å²) in [6, 6.07) is 13.9. The first-order valence-electron chi connectivity index (χ1n) is 6.86. The Balaban J connectivity index is 2.02. The summed E-state index contributed by atoms with van der Waals surface area (Å²) in [5.74, 6) is -0.379. The van der Waals surface area contributed by atoms with E-state index in [4.69, 9.17) is 5.26 Å². The van der Waals surface area contributed by atoms with Gasteiger partial charge in [0.05, 0.1) is 11.6 Å². The number of hydrogen-bond donors (Lipinski definition) is 1. The number of nitriles is 1. The Morgan fingerprint density at radius 1 is 1.27 bits per heavy atom. The molecule has 0 radical (unpaired) electrons. The van der Waals surface area contributed by atoms with E-state index in [1.807, 2.05) is 37.3 Å². The molecular formula is C17H17FN2OS. The summed E-state index contributed by atoms with van der Waals surface area (Å²) in [5, 5.41) is 12.0. The van der Waals surface area contributed by atoms with Gasteiger partial charge in [-0.15, -0.1) is 0 Å². The summed E-state index contributed by atoms with van der Waals surface area (Å²) in [7, 11) is -0.987. The molecule has 22 heavy (non-hydrogen) atoms. The number of benzene rings is 2. The van der Waals surface area contributed by atoms with Gasteiger partial charge in [-0.25, -0.2) is 4.39 Å². The monoisotopic (exact) mass is 316 g/mol. The minimum atomic E-state index is -0.987. The molecule has 0 fully saturated rings. The second kappa shape index (κ2) is 7.30. The minimum absolute atomic E-state index is 0.0365. The van der Waals surface area contributed by atoms with Crippen LogP contribution in [0.5, 0.6) is 0 Å². The van der Waals surface area contributed by atoms with Gasteiger partial charge in [-0.05, 0) is 36.8 Å². The smallest absolute Gasteiger partial charge is 0.129 e. The van der Waals surface area contributed by atoms with E-state index < -0.39 is 10.8 Å². The van der Waals surface area contributed by atoms with Crippen molar-refractivity contribution in [2.75, 3.05) is 6.26 Å². The quantitative estimate of drug-likeness (QED) is 0.921. The van der Waals surface area contributed by atoms with Crippen molar-refractivity contribution in [3.05, 3.63) is 65.0 Å². The van der Waals surface area contributed by atoms with Crippen LogP contribution in [0.15, 0.2) is 47.4 Å². The summed E-state index contributed by atoms with van der Waals surface area (Å²) >= 11 is 0. The second-order valence-corrected chi connectivity index (χ2v) is 6.42.